The van der Waals surface area contributed by atoms with Crippen molar-refractivity contribution in [2.75, 3.05) is 13.1 Å². The number of hydrogen-bond acceptors (Lipinski definition) is 2. The van der Waals surface area contributed by atoms with Crippen LogP contribution in [0.2, 0.25) is 0 Å². The van der Waals surface area contributed by atoms with Gasteiger partial charge in [0.2, 0.25) is 5.91 Å². The Hall–Kier alpha value is -0.830. The van der Waals surface area contributed by atoms with Crippen molar-refractivity contribution < 1.29 is 4.79 Å². The summed E-state index contributed by atoms with van der Waals surface area (Å²) in [6.07, 6.45) is 3.55. The number of rotatable bonds is 1. The quantitative estimate of drug-likeness (QED) is 0.685. The second-order valence-corrected chi connectivity index (χ2v) is 5.17. The first-order chi connectivity index (χ1) is 7.61. The number of nitrogens with one attached hydrogen (secondary N) is 1. The number of likely N-dealkylation sites (tertiary alicyclic amines) is 1. The maximum absolute atomic E-state index is 12.4. The van der Waals surface area contributed by atoms with Crippen LogP contribution in [0, 0.1) is 0 Å². The molecule has 0 aromatic rings. The molecule has 0 bridgehead atoms. The topological polar surface area (TPSA) is 32.3 Å². The number of amides is 1. The van der Waals surface area contributed by atoms with E-state index >= 15 is 0 Å². The van der Waals surface area contributed by atoms with Crippen molar-refractivity contribution in [3.05, 3.63) is 11.1 Å². The van der Waals surface area contributed by atoms with Crippen molar-refractivity contribution in [1.82, 2.24) is 10.2 Å². The van der Waals surface area contributed by atoms with E-state index in [2.05, 4.69) is 24.1 Å². The van der Waals surface area contributed by atoms with Gasteiger partial charge < -0.3 is 10.2 Å². The predicted octanol–water partition coefficient (Wildman–Crippen LogP) is 1.70. The third-order valence-corrected chi connectivity index (χ3v) is 3.96. The van der Waals surface area contributed by atoms with E-state index in [4.69, 9.17) is 0 Å². The predicted molar refractivity (Wildman–Crippen MR) is 65.2 cm³/mol. The van der Waals surface area contributed by atoms with Crippen LogP contribution in [0.25, 0.3) is 0 Å². The van der Waals surface area contributed by atoms with Gasteiger partial charge in [-0.2, -0.15) is 0 Å². The number of nitrogens with zero attached hydrogens (tertiary/aromatic N) is 1. The molecule has 2 fully saturated rings. The van der Waals surface area contributed by atoms with Gasteiger partial charge in [-0.05, 0) is 45.6 Å². The molecular formula is C13H22N2O. The van der Waals surface area contributed by atoms with Crippen molar-refractivity contribution in [2.45, 2.75) is 52.1 Å². The van der Waals surface area contributed by atoms with E-state index in [1.165, 1.54) is 12.0 Å². The molecule has 2 aliphatic heterocycles. The van der Waals surface area contributed by atoms with Crippen LogP contribution >= 0.6 is 0 Å². The third-order valence-electron chi connectivity index (χ3n) is 3.96. The lowest BCUT2D eigenvalue weighted by atomic mass is 9.95. The van der Waals surface area contributed by atoms with E-state index in [1.54, 1.807) is 0 Å². The summed E-state index contributed by atoms with van der Waals surface area (Å²) < 4.78 is 0. The summed E-state index contributed by atoms with van der Waals surface area (Å²) in [5.41, 5.74) is 2.26. The number of carbonyl (C=O) groups is 1. The highest BCUT2D eigenvalue weighted by atomic mass is 16.2. The van der Waals surface area contributed by atoms with Gasteiger partial charge in [0.15, 0.2) is 0 Å². The van der Waals surface area contributed by atoms with E-state index < -0.39 is 0 Å². The summed E-state index contributed by atoms with van der Waals surface area (Å²) in [6, 6.07) is 0.805. The number of hydrogen-bond donors (Lipinski definition) is 1. The van der Waals surface area contributed by atoms with Gasteiger partial charge in [-0.25, -0.2) is 0 Å². The fourth-order valence-corrected chi connectivity index (χ4v) is 2.68. The van der Waals surface area contributed by atoms with Gasteiger partial charge in [-0.3, -0.25) is 4.79 Å². The minimum atomic E-state index is 0.260. The first-order valence-corrected chi connectivity index (χ1v) is 6.33. The van der Waals surface area contributed by atoms with Gasteiger partial charge in [0, 0.05) is 30.7 Å². The van der Waals surface area contributed by atoms with Crippen molar-refractivity contribution in [1.29, 1.82) is 0 Å². The molecule has 0 spiro atoms. The van der Waals surface area contributed by atoms with Gasteiger partial charge in [0.05, 0.1) is 0 Å². The maximum atomic E-state index is 12.4. The molecule has 16 heavy (non-hydrogen) atoms. The Labute approximate surface area is 97.9 Å². The summed E-state index contributed by atoms with van der Waals surface area (Å²) in [7, 11) is 0. The van der Waals surface area contributed by atoms with Crippen LogP contribution in [0.1, 0.15) is 40.0 Å². The second-order valence-electron chi connectivity index (χ2n) is 5.17. The smallest absolute Gasteiger partial charge is 0.250 e. The molecule has 90 valence electrons. The monoisotopic (exact) mass is 222 g/mol. The Bertz CT molecular complexity index is 306. The molecule has 3 heteroatoms. The van der Waals surface area contributed by atoms with E-state index in [-0.39, 0.29) is 5.91 Å². The van der Waals surface area contributed by atoms with Gasteiger partial charge in [0.25, 0.3) is 0 Å². The number of piperidine rings is 1. The van der Waals surface area contributed by atoms with Gasteiger partial charge in [-0.15, -0.1) is 0 Å². The maximum Gasteiger partial charge on any atom is 0.250 e. The van der Waals surface area contributed by atoms with Crippen molar-refractivity contribution in [3.63, 3.8) is 0 Å². The van der Waals surface area contributed by atoms with Crippen LogP contribution in [0.15, 0.2) is 11.1 Å². The van der Waals surface area contributed by atoms with Crippen LogP contribution in [-0.4, -0.2) is 36.0 Å². The Morgan fingerprint density at radius 2 is 1.81 bits per heavy atom. The van der Waals surface area contributed by atoms with E-state index in [0.717, 1.165) is 31.5 Å². The highest BCUT2D eigenvalue weighted by molar-refractivity contribution is 5.94. The fourth-order valence-electron chi connectivity index (χ4n) is 2.68. The van der Waals surface area contributed by atoms with Crippen molar-refractivity contribution >= 4 is 5.91 Å². The van der Waals surface area contributed by atoms with Gasteiger partial charge in [0.1, 0.15) is 0 Å². The summed E-state index contributed by atoms with van der Waals surface area (Å²) in [5.74, 6) is 0.260. The standard InChI is InChI=1S/C13H22N2O/c1-9-5-4-6-10(2)15(9)13(16)11(3)12-7-14-8-12/h9-10,14H,4-8H2,1-3H3/t9-,10+. The minimum Gasteiger partial charge on any atom is -0.334 e. The SMILES string of the molecule is CC(C(=O)N1[C@H](C)CCC[C@@H]1C)=C1CNC1. The lowest BCUT2D eigenvalue weighted by Crippen LogP contribution is -2.49. The average molecular weight is 222 g/mol. The summed E-state index contributed by atoms with van der Waals surface area (Å²) >= 11 is 0. The zero-order valence-electron chi connectivity index (χ0n) is 10.5. The van der Waals surface area contributed by atoms with Crippen LogP contribution in [0.3, 0.4) is 0 Å². The Balaban J connectivity index is 2.13. The lowest BCUT2D eigenvalue weighted by Gasteiger charge is -2.40. The van der Waals surface area contributed by atoms with E-state index in [0.29, 0.717) is 12.1 Å². The first-order valence-electron chi connectivity index (χ1n) is 6.33. The molecule has 0 aliphatic carbocycles. The van der Waals surface area contributed by atoms with Crippen LogP contribution in [0.5, 0.6) is 0 Å². The van der Waals surface area contributed by atoms with E-state index in [9.17, 15) is 4.79 Å². The molecule has 3 nitrogen and oxygen atoms in total. The summed E-state index contributed by atoms with van der Waals surface area (Å²) in [4.78, 5) is 14.5. The Morgan fingerprint density at radius 3 is 2.25 bits per heavy atom. The summed E-state index contributed by atoms with van der Waals surface area (Å²) in [6.45, 7) is 8.12. The molecular weight excluding hydrogens is 200 g/mol. The fraction of sp³-hybridized carbons (Fsp3) is 0.769. The third kappa shape index (κ3) is 2.01. The minimum absolute atomic E-state index is 0.260. The zero-order valence-corrected chi connectivity index (χ0v) is 10.5. The molecule has 0 radical (unpaired) electrons. The van der Waals surface area contributed by atoms with Gasteiger partial charge in [-0.1, -0.05) is 0 Å². The lowest BCUT2D eigenvalue weighted by molar-refractivity contribution is -0.133. The molecule has 0 unspecified atom stereocenters. The van der Waals surface area contributed by atoms with E-state index in [1.807, 2.05) is 6.92 Å². The van der Waals surface area contributed by atoms with Crippen molar-refractivity contribution in [3.8, 4) is 0 Å². The second kappa shape index (κ2) is 4.58. The van der Waals surface area contributed by atoms with Crippen LogP contribution in [0.4, 0.5) is 0 Å². The molecule has 1 N–H and O–H groups in total. The highest BCUT2D eigenvalue weighted by Gasteiger charge is 2.30. The molecule has 2 rings (SSSR count). The Kier molecular flexibility index (Phi) is 3.33. The largest absolute Gasteiger partial charge is 0.334 e. The molecule has 2 atom stereocenters. The molecule has 0 aromatic carbocycles. The Morgan fingerprint density at radius 1 is 1.25 bits per heavy atom. The van der Waals surface area contributed by atoms with Crippen molar-refractivity contribution in [2.24, 2.45) is 0 Å². The normalized spacial score (nSPS) is 29.9. The molecule has 0 aromatic heterocycles. The molecule has 2 saturated heterocycles. The molecule has 2 heterocycles. The highest BCUT2D eigenvalue weighted by Crippen LogP contribution is 2.25. The molecule has 2 aliphatic rings. The van der Waals surface area contributed by atoms with Crippen LogP contribution < -0.4 is 5.32 Å². The van der Waals surface area contributed by atoms with Crippen LogP contribution in [-0.2, 0) is 4.79 Å². The zero-order chi connectivity index (χ0) is 11.7. The first kappa shape index (κ1) is 11.6. The molecule has 0 saturated carbocycles. The van der Waals surface area contributed by atoms with Gasteiger partial charge >= 0.3 is 0 Å². The summed E-state index contributed by atoms with van der Waals surface area (Å²) in [5, 5.41) is 3.19. The average Bonchev–Trinajstić information content (AvgIpc) is 2.14. The molecule has 1 amide bonds. The number of carbonyl (C=O) groups excluding carboxylic acids is 1.